The molecule has 2 aliphatic heterocycles. The van der Waals surface area contributed by atoms with Crippen LogP contribution in [0.5, 0.6) is 0 Å². The van der Waals surface area contributed by atoms with E-state index in [4.69, 9.17) is 9.40 Å². The third-order valence-corrected chi connectivity index (χ3v) is 9.26. The molecular weight excluding hydrogens is 565 g/mol. The molecule has 1 spiro atoms. The number of aromatic nitrogens is 1. The molecule has 7 nitrogen and oxygen atoms in total. The van der Waals surface area contributed by atoms with Crippen LogP contribution < -0.4 is 15.2 Å². The minimum Gasteiger partial charge on any atom is -0.450 e. The topological polar surface area (TPSA) is 83.7 Å². The average Bonchev–Trinajstić information content (AvgIpc) is 3.60. The normalized spacial score (nSPS) is 17.5. The van der Waals surface area contributed by atoms with Gasteiger partial charge < -0.3 is 9.32 Å². The molecule has 0 bridgehead atoms. The Morgan fingerprint density at radius 2 is 1.65 bits per heavy atom. The minimum absolute atomic E-state index is 0.0231. The molecule has 0 saturated carbocycles. The Kier molecular flexibility index (Phi) is 5.30. The molecule has 1 atom stereocenters. The van der Waals surface area contributed by atoms with Crippen LogP contribution in [0.25, 0.3) is 21.2 Å². The lowest BCUT2D eigenvalue weighted by atomic mass is 9.84. The maximum atomic E-state index is 15.0. The van der Waals surface area contributed by atoms with Crippen molar-refractivity contribution in [3.63, 3.8) is 0 Å². The fourth-order valence-electron chi connectivity index (χ4n) is 6.32. The Morgan fingerprint density at radius 3 is 2.47 bits per heavy atom. The Bertz CT molecular complexity index is 2240. The van der Waals surface area contributed by atoms with Crippen LogP contribution in [-0.4, -0.2) is 16.8 Å². The summed E-state index contributed by atoms with van der Waals surface area (Å²) in [6.45, 7) is 3.94. The lowest BCUT2D eigenvalue weighted by molar-refractivity contribution is -0.121. The van der Waals surface area contributed by atoms with Gasteiger partial charge in [0.1, 0.15) is 11.4 Å². The number of anilines is 2. The van der Waals surface area contributed by atoms with Gasteiger partial charge in [-0.1, -0.05) is 59.4 Å². The van der Waals surface area contributed by atoms with Gasteiger partial charge in [0.2, 0.25) is 5.76 Å². The summed E-state index contributed by atoms with van der Waals surface area (Å²) in [6.07, 6.45) is 0. The SMILES string of the molecule is Cc1ccc2nc(N3C(=O)c4oc5ccc(C)cc5c(=O)c4C34C(=O)N(Cc3ccc(F)cc3)c3ccccc34)sc2c1. The highest BCUT2D eigenvalue weighted by atomic mass is 32.1. The second-order valence-electron chi connectivity index (χ2n) is 11.0. The van der Waals surface area contributed by atoms with Crippen molar-refractivity contribution in [1.82, 2.24) is 4.98 Å². The van der Waals surface area contributed by atoms with Gasteiger partial charge in [-0.3, -0.25) is 19.3 Å². The molecule has 0 N–H and O–H groups in total. The Morgan fingerprint density at radius 1 is 0.907 bits per heavy atom. The third kappa shape index (κ3) is 3.45. The zero-order chi connectivity index (χ0) is 29.6. The van der Waals surface area contributed by atoms with Gasteiger partial charge in [-0.25, -0.2) is 9.37 Å². The zero-order valence-electron chi connectivity index (χ0n) is 23.1. The Balaban J connectivity index is 1.45. The van der Waals surface area contributed by atoms with Crippen molar-refractivity contribution in [2.45, 2.75) is 25.9 Å². The number of hydrogen-bond donors (Lipinski definition) is 0. The number of rotatable bonds is 3. The summed E-state index contributed by atoms with van der Waals surface area (Å²) in [5.41, 5.74) is 2.19. The molecule has 0 radical (unpaired) electrons. The van der Waals surface area contributed by atoms with Gasteiger partial charge in [0.15, 0.2) is 16.1 Å². The predicted molar refractivity (Wildman–Crippen MR) is 163 cm³/mol. The molecule has 0 aliphatic carbocycles. The highest BCUT2D eigenvalue weighted by Gasteiger charge is 2.66. The van der Waals surface area contributed by atoms with Crippen molar-refractivity contribution in [2.24, 2.45) is 0 Å². The number of amides is 2. The molecule has 43 heavy (non-hydrogen) atoms. The summed E-state index contributed by atoms with van der Waals surface area (Å²) >= 11 is 1.28. The third-order valence-electron chi connectivity index (χ3n) is 8.26. The van der Waals surface area contributed by atoms with Crippen molar-refractivity contribution in [2.75, 3.05) is 9.80 Å². The predicted octanol–water partition coefficient (Wildman–Crippen LogP) is 6.61. The zero-order valence-corrected chi connectivity index (χ0v) is 23.9. The van der Waals surface area contributed by atoms with Crippen LogP contribution in [0, 0.1) is 19.7 Å². The summed E-state index contributed by atoms with van der Waals surface area (Å²) < 4.78 is 20.8. The molecule has 2 aliphatic rings. The van der Waals surface area contributed by atoms with Crippen molar-refractivity contribution >= 4 is 55.2 Å². The molecule has 9 heteroatoms. The van der Waals surface area contributed by atoms with Crippen LogP contribution in [0.3, 0.4) is 0 Å². The van der Waals surface area contributed by atoms with Crippen LogP contribution in [0.1, 0.15) is 38.4 Å². The van der Waals surface area contributed by atoms with Gasteiger partial charge in [-0.05, 0) is 67.4 Å². The van der Waals surface area contributed by atoms with Gasteiger partial charge in [0, 0.05) is 5.56 Å². The molecule has 0 fully saturated rings. The maximum absolute atomic E-state index is 15.0. The van der Waals surface area contributed by atoms with Crippen LogP contribution >= 0.6 is 11.3 Å². The number of halogens is 1. The van der Waals surface area contributed by atoms with E-state index in [1.165, 1.54) is 28.4 Å². The molecular formula is C34H22FN3O4S. The highest BCUT2D eigenvalue weighted by molar-refractivity contribution is 7.22. The standard InChI is InChI=1S/C34H22FN3O4S/c1-18-8-14-26-22(15-18)29(39)28-30(42-26)31(40)38(33-36-24-13-7-19(2)16-27(24)43-33)34(28)23-5-3-4-6-25(23)37(32(34)41)17-20-9-11-21(35)12-10-20/h3-16H,17H2,1-2H3. The van der Waals surface area contributed by atoms with E-state index in [9.17, 15) is 14.0 Å². The first-order chi connectivity index (χ1) is 20.8. The number of thiazole rings is 1. The number of aryl methyl sites for hydroxylation is 2. The Labute approximate surface area is 248 Å². The summed E-state index contributed by atoms with van der Waals surface area (Å²) in [7, 11) is 0. The summed E-state index contributed by atoms with van der Waals surface area (Å²) in [5, 5.41) is 0.568. The average molecular weight is 588 g/mol. The quantitative estimate of drug-likeness (QED) is 0.233. The number of fused-ring (bicyclic) bond motifs is 6. The number of para-hydroxylation sites is 1. The molecule has 1 unspecified atom stereocenters. The van der Waals surface area contributed by atoms with Crippen LogP contribution in [0.4, 0.5) is 15.2 Å². The largest absolute Gasteiger partial charge is 0.450 e. The van der Waals surface area contributed by atoms with E-state index in [0.29, 0.717) is 22.3 Å². The fraction of sp³-hybridized carbons (Fsp3) is 0.118. The van der Waals surface area contributed by atoms with E-state index in [2.05, 4.69) is 0 Å². The number of nitrogens with zero attached hydrogens (tertiary/aromatic N) is 3. The van der Waals surface area contributed by atoms with Crippen molar-refractivity contribution in [1.29, 1.82) is 0 Å². The van der Waals surface area contributed by atoms with Crippen LogP contribution in [0.15, 0.2) is 94.1 Å². The number of hydrogen-bond acceptors (Lipinski definition) is 6. The van der Waals surface area contributed by atoms with Gasteiger partial charge in [-0.15, -0.1) is 0 Å². The first-order valence-corrected chi connectivity index (χ1v) is 14.5. The first kappa shape index (κ1) is 25.6. The summed E-state index contributed by atoms with van der Waals surface area (Å²) in [5.74, 6) is -1.67. The molecule has 8 rings (SSSR count). The van der Waals surface area contributed by atoms with Gasteiger partial charge in [0.25, 0.3) is 11.8 Å². The van der Waals surface area contributed by atoms with Gasteiger partial charge >= 0.3 is 0 Å². The first-order valence-electron chi connectivity index (χ1n) is 13.7. The molecule has 2 aromatic heterocycles. The van der Waals surface area contributed by atoms with E-state index in [1.54, 1.807) is 59.5 Å². The number of carbonyl (C=O) groups excluding carboxylic acids is 2. The molecule has 6 aromatic rings. The second-order valence-corrected chi connectivity index (χ2v) is 12.0. The van der Waals surface area contributed by atoms with Gasteiger partial charge in [-0.2, -0.15) is 0 Å². The molecule has 210 valence electrons. The Hall–Kier alpha value is -5.15. The lowest BCUT2D eigenvalue weighted by Gasteiger charge is -2.32. The van der Waals surface area contributed by atoms with Crippen molar-refractivity contribution in [3.8, 4) is 0 Å². The van der Waals surface area contributed by atoms with E-state index < -0.39 is 22.8 Å². The van der Waals surface area contributed by atoms with Crippen molar-refractivity contribution in [3.05, 3.63) is 135 Å². The van der Waals surface area contributed by atoms with E-state index in [-0.39, 0.29) is 39.8 Å². The maximum Gasteiger partial charge on any atom is 0.297 e. The molecule has 0 saturated heterocycles. The van der Waals surface area contributed by atoms with Gasteiger partial charge in [0.05, 0.1) is 33.4 Å². The monoisotopic (exact) mass is 587 g/mol. The van der Waals surface area contributed by atoms with E-state index >= 15 is 4.79 Å². The van der Waals surface area contributed by atoms with E-state index in [1.807, 2.05) is 32.0 Å². The molecule has 2 amide bonds. The van der Waals surface area contributed by atoms with Crippen molar-refractivity contribution < 1.29 is 18.4 Å². The lowest BCUT2D eigenvalue weighted by Crippen LogP contribution is -2.53. The highest BCUT2D eigenvalue weighted by Crippen LogP contribution is 2.55. The van der Waals surface area contributed by atoms with Crippen LogP contribution in [0.2, 0.25) is 0 Å². The molecule has 4 heterocycles. The summed E-state index contributed by atoms with van der Waals surface area (Å²) in [4.78, 5) is 51.7. The molecule has 4 aromatic carbocycles. The number of carbonyl (C=O) groups is 2. The van der Waals surface area contributed by atoms with Crippen LogP contribution in [-0.2, 0) is 16.9 Å². The smallest absolute Gasteiger partial charge is 0.297 e. The number of benzene rings is 4. The fourth-order valence-corrected chi connectivity index (χ4v) is 7.44. The summed E-state index contributed by atoms with van der Waals surface area (Å²) in [6, 6.07) is 24.0. The minimum atomic E-state index is -1.86. The van der Waals surface area contributed by atoms with E-state index in [0.717, 1.165) is 15.8 Å². The second kappa shape index (κ2) is 8.92.